The number of hydrogen-bond acceptors (Lipinski definition) is 15. The van der Waals surface area contributed by atoms with E-state index in [2.05, 4.69) is 0 Å². The Hall–Kier alpha value is 2.13. The predicted molar refractivity (Wildman–Crippen MR) is 163 cm³/mol. The Labute approximate surface area is 260 Å². The maximum Gasteiger partial charge on any atom is 5.00 e. The zero-order valence-corrected chi connectivity index (χ0v) is 31.5. The van der Waals surface area contributed by atoms with E-state index >= 15 is 0 Å². The molecule has 21 heteroatoms. The van der Waals surface area contributed by atoms with Crippen LogP contribution in [0.15, 0.2) is 0 Å². The Morgan fingerprint density at radius 1 is 0.317 bits per heavy atom. The minimum atomic E-state index is -3.93. The van der Waals surface area contributed by atoms with Crippen LogP contribution in [0.5, 0.6) is 0 Å². The second-order valence-electron chi connectivity index (χ2n) is 9.23. The van der Waals surface area contributed by atoms with Crippen LogP contribution in [0.2, 0.25) is 0 Å². The van der Waals surface area contributed by atoms with Crippen molar-refractivity contribution in [2.45, 2.75) is 98.8 Å². The molecule has 0 bridgehead atoms. The van der Waals surface area contributed by atoms with Gasteiger partial charge in [-0.3, -0.25) is 0 Å². The van der Waals surface area contributed by atoms with Gasteiger partial charge in [0.05, 0.1) is 0 Å². The van der Waals surface area contributed by atoms with Gasteiger partial charge in [-0.05, 0) is 0 Å². The topological polar surface area (TPSA) is 318 Å². The van der Waals surface area contributed by atoms with Crippen LogP contribution in [0.1, 0.15) is 98.8 Å². The summed E-state index contributed by atoms with van der Waals surface area (Å²) in [6.07, 6.45) is 7.66. The van der Waals surface area contributed by atoms with E-state index in [4.69, 9.17) is 48.9 Å². The Morgan fingerprint density at radius 3 is 0.439 bits per heavy atom. The average Bonchev–Trinajstić information content (AvgIpc) is 2.76. The van der Waals surface area contributed by atoms with Crippen molar-refractivity contribution in [1.82, 2.24) is 0 Å². The SMILES string of the molecule is CCCC[PH]([O-])(O)O.CCCC[PH]([O-])(O)O.CCCC[PH]([O-])(O)O.CCCC[PH]([O-])(O)O.CCCC[PH]([O-])(O)O.[V+5]. The van der Waals surface area contributed by atoms with E-state index in [0.717, 1.165) is 32.1 Å². The first-order chi connectivity index (χ1) is 17.8. The monoisotopic (exact) mass is 746 g/mol. The molecule has 0 aliphatic rings. The van der Waals surface area contributed by atoms with Gasteiger partial charge in [-0.15, -0.1) is 0 Å². The minimum Gasteiger partial charge on any atom is 5.00 e. The molecule has 0 aromatic rings. The largest absolute Gasteiger partial charge is 5.00 e. The summed E-state index contributed by atoms with van der Waals surface area (Å²) in [5.74, 6) is 0. The van der Waals surface area contributed by atoms with Crippen molar-refractivity contribution < 1.29 is 92.0 Å². The fourth-order valence-corrected chi connectivity index (χ4v) is 6.11. The summed E-state index contributed by atoms with van der Waals surface area (Å²) in [6.45, 7) is 9.51. The molecule has 0 atom stereocenters. The van der Waals surface area contributed by atoms with Crippen molar-refractivity contribution in [2.75, 3.05) is 30.8 Å². The maximum absolute atomic E-state index is 10.1. The van der Waals surface area contributed by atoms with Gasteiger partial charge in [0.2, 0.25) is 0 Å². The normalized spacial score (nSPS) is 13.7. The van der Waals surface area contributed by atoms with Crippen LogP contribution in [0, 0.1) is 0 Å². The Kier molecular flexibility index (Phi) is 43.5. The second-order valence-corrected chi connectivity index (χ2v) is 19.2. The van der Waals surface area contributed by atoms with Crippen molar-refractivity contribution in [3.63, 3.8) is 0 Å². The smallest absolute Gasteiger partial charge is 5.00 e. The van der Waals surface area contributed by atoms with Gasteiger partial charge in [-0.2, -0.15) is 0 Å². The number of unbranched alkanes of at least 4 members (excludes halogenated alkanes) is 5. The van der Waals surface area contributed by atoms with Gasteiger partial charge in [0.1, 0.15) is 0 Å². The van der Waals surface area contributed by atoms with E-state index in [1.807, 2.05) is 34.6 Å². The van der Waals surface area contributed by atoms with Crippen LogP contribution in [-0.2, 0) is 18.6 Å². The van der Waals surface area contributed by atoms with Crippen molar-refractivity contribution in [1.29, 1.82) is 0 Å². The van der Waals surface area contributed by atoms with Gasteiger partial charge in [0, 0.05) is 0 Å². The molecule has 0 aromatic carbocycles. The van der Waals surface area contributed by atoms with Gasteiger partial charge in [-0.1, -0.05) is 0 Å². The number of hydrogen-bond donors (Lipinski definition) is 10. The van der Waals surface area contributed by atoms with Crippen molar-refractivity contribution in [2.24, 2.45) is 0 Å². The molecule has 260 valence electrons. The minimum absolute atomic E-state index is 0. The van der Waals surface area contributed by atoms with Crippen molar-refractivity contribution >= 4 is 39.7 Å². The standard InChI is InChI=1S/5C4H12O3P.V/c5*1-2-3-4-8(5,6)7;/h5*5-6,8H,2-4H2,1H3;/q5*-1;+5. The fraction of sp³-hybridized carbons (Fsp3) is 1.00. The summed E-state index contributed by atoms with van der Waals surface area (Å²) < 4.78 is 0. The van der Waals surface area contributed by atoms with E-state index in [9.17, 15) is 24.5 Å². The van der Waals surface area contributed by atoms with Crippen LogP contribution in [-0.4, -0.2) is 79.7 Å². The van der Waals surface area contributed by atoms with E-state index in [-0.39, 0.29) is 49.4 Å². The van der Waals surface area contributed by atoms with Crippen molar-refractivity contribution in [3.8, 4) is 0 Å². The summed E-state index contributed by atoms with van der Waals surface area (Å²) in [4.78, 5) is 133. The molecule has 0 amide bonds. The summed E-state index contributed by atoms with van der Waals surface area (Å²) >= 11 is 0. The first kappa shape index (κ1) is 55.5. The fourth-order valence-electron chi connectivity index (χ4n) is 2.04. The number of rotatable bonds is 15. The van der Waals surface area contributed by atoms with Crippen LogP contribution in [0.25, 0.3) is 0 Å². The maximum atomic E-state index is 10.1. The molecule has 15 nitrogen and oxygen atoms in total. The van der Waals surface area contributed by atoms with E-state index < -0.39 is 39.7 Å². The van der Waals surface area contributed by atoms with Gasteiger partial charge < -0.3 is 0 Å². The molecular formula is C20H60O15P5V. The molecule has 0 fully saturated rings. The first-order valence-electron chi connectivity index (χ1n) is 13.6. The quantitative estimate of drug-likeness (QED) is 0.0821. The third kappa shape index (κ3) is 92.2. The molecule has 0 saturated carbocycles. The van der Waals surface area contributed by atoms with E-state index in [0.29, 0.717) is 32.1 Å². The molecule has 0 rings (SSSR count). The molecular weight excluding hydrogens is 686 g/mol. The molecule has 0 unspecified atom stereocenters. The third-order valence-corrected chi connectivity index (χ3v) is 9.30. The third-order valence-electron chi connectivity index (χ3n) is 4.28. The van der Waals surface area contributed by atoms with Gasteiger partial charge in [-0.25, -0.2) is 0 Å². The second kappa shape index (κ2) is 32.1. The molecule has 0 radical (unpaired) electrons. The first-order valence-corrected chi connectivity index (χ1v) is 23.6. The molecule has 0 heterocycles. The predicted octanol–water partition coefficient (Wildman–Crippen LogP) is -1.87. The summed E-state index contributed by atoms with van der Waals surface area (Å²) in [7, 11) is -19.6. The summed E-state index contributed by atoms with van der Waals surface area (Å²) in [5.41, 5.74) is 0. The van der Waals surface area contributed by atoms with Crippen LogP contribution >= 0.6 is 39.7 Å². The molecule has 10 N–H and O–H groups in total. The van der Waals surface area contributed by atoms with Crippen LogP contribution < -0.4 is 24.5 Å². The van der Waals surface area contributed by atoms with Gasteiger partial charge in [0.15, 0.2) is 0 Å². The Bertz CT molecular complexity index is 405. The van der Waals surface area contributed by atoms with Gasteiger partial charge in [0.25, 0.3) is 0 Å². The Morgan fingerprint density at radius 2 is 0.415 bits per heavy atom. The molecule has 41 heavy (non-hydrogen) atoms. The Balaban J connectivity index is -0.0000000928. The molecule has 0 spiro atoms. The molecule has 0 aromatic heterocycles. The molecule has 0 aliphatic carbocycles. The molecule has 0 aliphatic heterocycles. The molecule has 0 saturated heterocycles. The van der Waals surface area contributed by atoms with E-state index in [1.54, 1.807) is 0 Å². The van der Waals surface area contributed by atoms with Gasteiger partial charge >= 0.3 is 261 Å². The summed E-state index contributed by atoms with van der Waals surface area (Å²) in [6, 6.07) is 0. The average molecular weight is 746 g/mol. The summed E-state index contributed by atoms with van der Waals surface area (Å²) in [5, 5.41) is 0. The zero-order valence-electron chi connectivity index (χ0n) is 25.1. The zero-order chi connectivity index (χ0) is 33.1. The van der Waals surface area contributed by atoms with Crippen molar-refractivity contribution in [3.05, 3.63) is 0 Å². The van der Waals surface area contributed by atoms with E-state index in [1.165, 1.54) is 0 Å². The van der Waals surface area contributed by atoms with Crippen LogP contribution in [0.4, 0.5) is 0 Å². The van der Waals surface area contributed by atoms with Crippen LogP contribution in [0.3, 0.4) is 0 Å².